The van der Waals surface area contributed by atoms with E-state index in [4.69, 9.17) is 0 Å². The van der Waals surface area contributed by atoms with Crippen LogP contribution in [-0.4, -0.2) is 34.5 Å². The van der Waals surface area contributed by atoms with E-state index in [1.165, 1.54) is 0 Å². The van der Waals surface area contributed by atoms with Crippen LogP contribution in [0.5, 0.6) is 0 Å². The number of aryl methyl sites for hydroxylation is 1. The van der Waals surface area contributed by atoms with Crippen LogP contribution in [0.15, 0.2) is 28.9 Å². The van der Waals surface area contributed by atoms with Crippen LogP contribution in [0.4, 0.5) is 0 Å². The number of likely N-dealkylation sites (tertiary alicyclic amines) is 1. The normalized spacial score (nSPS) is 22.1. The van der Waals surface area contributed by atoms with Crippen molar-refractivity contribution >= 4 is 33.2 Å². The minimum absolute atomic E-state index is 0.240. The van der Waals surface area contributed by atoms with Crippen molar-refractivity contribution in [1.82, 2.24) is 9.88 Å². The van der Waals surface area contributed by atoms with E-state index in [0.29, 0.717) is 18.5 Å². The largest absolute Gasteiger partial charge is 0.375 e. The Morgan fingerprint density at radius 2 is 2.24 bits per heavy atom. The van der Waals surface area contributed by atoms with Crippen LogP contribution in [0.1, 0.15) is 16.9 Å². The van der Waals surface area contributed by atoms with Crippen LogP contribution in [0.3, 0.4) is 0 Å². The summed E-state index contributed by atoms with van der Waals surface area (Å²) in [4.78, 5) is 19.3. The molecule has 6 heteroatoms. The molecule has 1 aliphatic rings. The summed E-state index contributed by atoms with van der Waals surface area (Å²) in [5.41, 5.74) is 0.147. The summed E-state index contributed by atoms with van der Waals surface area (Å²) in [5, 5.41) is 11.6. The maximum absolute atomic E-state index is 12.2. The molecule has 0 radical (unpaired) electrons. The summed E-state index contributed by atoms with van der Waals surface area (Å²) < 4.78 is 0.836. The Morgan fingerprint density at radius 3 is 2.81 bits per heavy atom. The van der Waals surface area contributed by atoms with Gasteiger partial charge in [0.1, 0.15) is 9.61 Å². The zero-order valence-corrected chi connectivity index (χ0v) is 14.2. The Balaban J connectivity index is 2.03. The number of thiazole rings is 1. The zero-order chi connectivity index (χ0) is 15.2. The van der Waals surface area contributed by atoms with E-state index in [9.17, 15) is 9.90 Å². The molecular formula is C15H15BrN2O2S. The van der Waals surface area contributed by atoms with Crippen molar-refractivity contribution in [2.24, 2.45) is 0 Å². The molecule has 1 saturated heterocycles. The van der Waals surface area contributed by atoms with Gasteiger partial charge in [-0.15, -0.1) is 11.3 Å². The molecule has 0 spiro atoms. The van der Waals surface area contributed by atoms with Crippen molar-refractivity contribution in [2.45, 2.75) is 18.9 Å². The molecule has 0 bridgehead atoms. The third-order valence-corrected chi connectivity index (χ3v) is 5.89. The molecule has 1 N–H and O–H groups in total. The van der Waals surface area contributed by atoms with Crippen LogP contribution in [0, 0.1) is 6.92 Å². The third kappa shape index (κ3) is 2.41. The molecule has 0 unspecified atom stereocenters. The third-order valence-electron chi connectivity index (χ3n) is 3.84. The van der Waals surface area contributed by atoms with Crippen molar-refractivity contribution in [3.8, 4) is 10.6 Å². The minimum atomic E-state index is -1.41. The van der Waals surface area contributed by atoms with Gasteiger partial charge in [-0.2, -0.15) is 0 Å². The van der Waals surface area contributed by atoms with Crippen molar-refractivity contribution in [1.29, 1.82) is 0 Å². The lowest BCUT2D eigenvalue weighted by atomic mass is 9.91. The molecule has 0 saturated carbocycles. The second-order valence-electron chi connectivity index (χ2n) is 5.28. The Bertz CT molecular complexity index is 696. The molecule has 110 valence electrons. The highest BCUT2D eigenvalue weighted by atomic mass is 79.9. The van der Waals surface area contributed by atoms with Crippen LogP contribution in [0.25, 0.3) is 10.6 Å². The smallest absolute Gasteiger partial charge is 0.258 e. The van der Waals surface area contributed by atoms with E-state index in [-0.39, 0.29) is 5.91 Å². The van der Waals surface area contributed by atoms with Crippen molar-refractivity contribution in [3.63, 3.8) is 0 Å². The summed E-state index contributed by atoms with van der Waals surface area (Å²) in [6.45, 7) is 2.57. The first-order chi connectivity index (χ1) is 9.91. The number of nitrogens with zero attached hydrogens (tertiary/aromatic N) is 2. The van der Waals surface area contributed by atoms with Gasteiger partial charge >= 0.3 is 0 Å². The number of halogens is 1. The Hall–Kier alpha value is -1.24. The predicted molar refractivity (Wildman–Crippen MR) is 86.1 cm³/mol. The average molecular weight is 367 g/mol. The average Bonchev–Trinajstić information content (AvgIpc) is 2.95. The zero-order valence-electron chi connectivity index (χ0n) is 11.8. The number of benzene rings is 1. The monoisotopic (exact) mass is 366 g/mol. The first-order valence-electron chi connectivity index (χ1n) is 6.63. The van der Waals surface area contributed by atoms with E-state index >= 15 is 0 Å². The quantitative estimate of drug-likeness (QED) is 0.888. The summed E-state index contributed by atoms with van der Waals surface area (Å²) in [6.07, 6.45) is 0.423. The van der Waals surface area contributed by atoms with Crippen LogP contribution in [-0.2, 0) is 10.4 Å². The molecule has 1 aliphatic heterocycles. The highest BCUT2D eigenvalue weighted by molar-refractivity contribution is 9.10. The van der Waals surface area contributed by atoms with E-state index in [1.807, 2.05) is 25.1 Å². The van der Waals surface area contributed by atoms with Gasteiger partial charge in [-0.3, -0.25) is 4.79 Å². The summed E-state index contributed by atoms with van der Waals surface area (Å²) in [7, 11) is 1.71. The number of aliphatic hydroxyl groups is 1. The van der Waals surface area contributed by atoms with E-state index < -0.39 is 5.60 Å². The molecule has 1 atom stereocenters. The van der Waals surface area contributed by atoms with Gasteiger partial charge in [0.15, 0.2) is 5.60 Å². The van der Waals surface area contributed by atoms with Gasteiger partial charge in [-0.1, -0.05) is 18.2 Å². The highest BCUT2D eigenvalue weighted by Gasteiger charge is 2.45. The lowest BCUT2D eigenvalue weighted by Crippen LogP contribution is -2.36. The van der Waals surface area contributed by atoms with Gasteiger partial charge in [-0.05, 0) is 34.5 Å². The SMILES string of the molecule is Cc1sc(-c2cccc([C@]3(O)CCN(C)C3=O)c2)nc1Br. The molecule has 1 aromatic heterocycles. The second kappa shape index (κ2) is 5.19. The molecule has 2 aromatic rings. The van der Waals surface area contributed by atoms with Gasteiger partial charge in [0.05, 0.1) is 0 Å². The first-order valence-corrected chi connectivity index (χ1v) is 8.24. The predicted octanol–water partition coefficient (Wildman–Crippen LogP) is 2.93. The van der Waals surface area contributed by atoms with Gasteiger partial charge in [0.2, 0.25) is 0 Å². The number of hydrogen-bond donors (Lipinski definition) is 1. The fraction of sp³-hybridized carbons (Fsp3) is 0.333. The van der Waals surface area contributed by atoms with Gasteiger partial charge in [0.25, 0.3) is 5.91 Å². The summed E-state index contributed by atoms with van der Waals surface area (Å²) in [5.74, 6) is -0.240. The maximum Gasteiger partial charge on any atom is 0.258 e. The Kier molecular flexibility index (Phi) is 3.63. The minimum Gasteiger partial charge on any atom is -0.375 e. The Labute approximate surface area is 135 Å². The number of rotatable bonds is 2. The van der Waals surface area contributed by atoms with Crippen molar-refractivity contribution in [2.75, 3.05) is 13.6 Å². The fourth-order valence-electron chi connectivity index (χ4n) is 2.53. The van der Waals surface area contributed by atoms with E-state index in [2.05, 4.69) is 20.9 Å². The molecule has 2 heterocycles. The number of likely N-dealkylation sites (N-methyl/N-ethyl adjacent to an activating group) is 1. The van der Waals surface area contributed by atoms with Crippen LogP contribution in [0.2, 0.25) is 0 Å². The maximum atomic E-state index is 12.2. The van der Waals surface area contributed by atoms with Crippen LogP contribution < -0.4 is 0 Å². The molecule has 3 rings (SSSR count). The number of hydrogen-bond acceptors (Lipinski definition) is 4. The lowest BCUT2D eigenvalue weighted by Gasteiger charge is -2.21. The van der Waals surface area contributed by atoms with Crippen LogP contribution >= 0.6 is 27.3 Å². The Morgan fingerprint density at radius 1 is 1.48 bits per heavy atom. The number of aromatic nitrogens is 1. The molecule has 1 aromatic carbocycles. The van der Waals surface area contributed by atoms with Gasteiger partial charge in [-0.25, -0.2) is 4.98 Å². The van der Waals surface area contributed by atoms with Crippen molar-refractivity contribution in [3.05, 3.63) is 39.3 Å². The summed E-state index contributed by atoms with van der Waals surface area (Å²) in [6, 6.07) is 7.47. The fourth-order valence-corrected chi connectivity index (χ4v) is 3.87. The molecule has 21 heavy (non-hydrogen) atoms. The van der Waals surface area contributed by atoms with E-state index in [0.717, 1.165) is 20.1 Å². The van der Waals surface area contributed by atoms with E-state index in [1.54, 1.807) is 29.4 Å². The first kappa shape index (κ1) is 14.7. The topological polar surface area (TPSA) is 53.4 Å². The second-order valence-corrected chi connectivity index (χ2v) is 7.24. The highest BCUT2D eigenvalue weighted by Crippen LogP contribution is 2.36. The summed E-state index contributed by atoms with van der Waals surface area (Å²) >= 11 is 5.00. The molecule has 1 fully saturated rings. The molecule has 1 amide bonds. The number of carbonyl (C=O) groups excluding carboxylic acids is 1. The standard InChI is InChI=1S/C15H15BrN2O2S/c1-9-12(16)17-13(21-9)10-4-3-5-11(8-10)15(20)6-7-18(2)14(15)19/h3-5,8,20H,6-7H2,1-2H3/t15-/m1/s1. The van der Waals surface area contributed by atoms with Gasteiger partial charge < -0.3 is 10.0 Å². The molecular weight excluding hydrogens is 352 g/mol. The molecule has 0 aliphatic carbocycles. The van der Waals surface area contributed by atoms with Crippen molar-refractivity contribution < 1.29 is 9.90 Å². The number of amides is 1. The van der Waals surface area contributed by atoms with Gasteiger partial charge in [0, 0.05) is 30.5 Å². The molecule has 4 nitrogen and oxygen atoms in total. The number of carbonyl (C=O) groups is 1. The lowest BCUT2D eigenvalue weighted by molar-refractivity contribution is -0.143.